The molecule has 0 aromatic heterocycles. The SMILES string of the molecule is CC(C)(C)NC(=O)N[C@H](C(=O)N1C[C@H]2C([C@H]1C(=O)NC(CCC(F)F)C(=O)C(N)=O)C2(C)C)C(C)(C)C. The minimum Gasteiger partial charge on any atom is -0.363 e. The molecule has 1 saturated carbocycles. The minimum absolute atomic E-state index is 0.00239. The summed E-state index contributed by atoms with van der Waals surface area (Å²) in [7, 11) is 0. The van der Waals surface area contributed by atoms with Crippen molar-refractivity contribution < 1.29 is 32.8 Å². The summed E-state index contributed by atoms with van der Waals surface area (Å²) < 4.78 is 25.6. The average molecular weight is 530 g/mol. The van der Waals surface area contributed by atoms with Gasteiger partial charge in [0.2, 0.25) is 24.0 Å². The first-order chi connectivity index (χ1) is 16.7. The van der Waals surface area contributed by atoms with Gasteiger partial charge < -0.3 is 26.6 Å². The number of hydrogen-bond acceptors (Lipinski definition) is 5. The van der Waals surface area contributed by atoms with Crippen LogP contribution in [0.3, 0.4) is 0 Å². The molecule has 1 aliphatic carbocycles. The number of carbonyl (C=O) groups excluding carboxylic acids is 5. The van der Waals surface area contributed by atoms with Crippen molar-refractivity contribution in [3.05, 3.63) is 0 Å². The number of Topliss-reactive ketones (excluding diaryl/α,β-unsaturated/α-hetero) is 1. The number of carbonyl (C=O) groups is 5. The first-order valence-electron chi connectivity index (χ1n) is 12.5. The third-order valence-corrected chi connectivity index (χ3v) is 7.19. The summed E-state index contributed by atoms with van der Waals surface area (Å²) in [6.45, 7) is 14.9. The largest absolute Gasteiger partial charge is 0.363 e. The molecule has 2 fully saturated rings. The van der Waals surface area contributed by atoms with E-state index in [0.29, 0.717) is 0 Å². The molecule has 10 nitrogen and oxygen atoms in total. The van der Waals surface area contributed by atoms with Crippen LogP contribution in [-0.4, -0.2) is 71.1 Å². The Bertz CT molecular complexity index is 941. The summed E-state index contributed by atoms with van der Waals surface area (Å²) in [4.78, 5) is 65.0. The molecular formula is C25H41F2N5O5. The highest BCUT2D eigenvalue weighted by Crippen LogP contribution is 2.65. The fraction of sp³-hybridized carbons (Fsp3) is 0.800. The molecule has 37 heavy (non-hydrogen) atoms. The molecule has 1 heterocycles. The number of hydrogen-bond donors (Lipinski definition) is 4. The molecule has 0 spiro atoms. The van der Waals surface area contributed by atoms with Crippen molar-refractivity contribution in [3.63, 3.8) is 0 Å². The maximum atomic E-state index is 13.8. The van der Waals surface area contributed by atoms with Crippen LogP contribution in [0.2, 0.25) is 0 Å². The molecule has 0 aromatic carbocycles. The van der Waals surface area contributed by atoms with E-state index in [4.69, 9.17) is 5.73 Å². The molecule has 0 aromatic rings. The number of rotatable bonds is 9. The number of piperidine rings is 1. The molecule has 210 valence electrons. The van der Waals surface area contributed by atoms with Crippen molar-refractivity contribution >= 4 is 29.5 Å². The van der Waals surface area contributed by atoms with E-state index in [1.165, 1.54) is 4.90 Å². The number of amides is 5. The van der Waals surface area contributed by atoms with Crippen LogP contribution in [0, 0.1) is 22.7 Å². The summed E-state index contributed by atoms with van der Waals surface area (Å²) in [6.07, 6.45) is -3.93. The van der Waals surface area contributed by atoms with Gasteiger partial charge in [-0.25, -0.2) is 13.6 Å². The summed E-state index contributed by atoms with van der Waals surface area (Å²) in [5, 5.41) is 7.91. The number of alkyl halides is 2. The Morgan fingerprint density at radius 3 is 2.03 bits per heavy atom. The monoisotopic (exact) mass is 529 g/mol. The molecule has 2 rings (SSSR count). The molecule has 5 N–H and O–H groups in total. The Balaban J connectivity index is 2.32. The highest BCUT2D eigenvalue weighted by atomic mass is 19.3. The average Bonchev–Trinajstić information content (AvgIpc) is 3.07. The van der Waals surface area contributed by atoms with Gasteiger partial charge in [0.1, 0.15) is 12.1 Å². The predicted molar refractivity (Wildman–Crippen MR) is 132 cm³/mol. The van der Waals surface area contributed by atoms with Crippen LogP contribution in [-0.2, 0) is 19.2 Å². The number of halogens is 2. The van der Waals surface area contributed by atoms with Gasteiger partial charge in [-0.15, -0.1) is 0 Å². The van der Waals surface area contributed by atoms with Crippen LogP contribution in [0.4, 0.5) is 13.6 Å². The topological polar surface area (TPSA) is 151 Å². The number of nitrogens with zero attached hydrogens (tertiary/aromatic N) is 1. The van der Waals surface area contributed by atoms with Crippen molar-refractivity contribution in [3.8, 4) is 0 Å². The van der Waals surface area contributed by atoms with Crippen LogP contribution in [0.15, 0.2) is 0 Å². The number of fused-ring (bicyclic) bond motifs is 1. The Morgan fingerprint density at radius 1 is 1.00 bits per heavy atom. The maximum Gasteiger partial charge on any atom is 0.315 e. The zero-order valence-corrected chi connectivity index (χ0v) is 22.9. The van der Waals surface area contributed by atoms with E-state index >= 15 is 0 Å². The van der Waals surface area contributed by atoms with Gasteiger partial charge in [0.05, 0.1) is 6.04 Å². The summed E-state index contributed by atoms with van der Waals surface area (Å²) in [5.41, 5.74) is 3.55. The smallest absolute Gasteiger partial charge is 0.315 e. The van der Waals surface area contributed by atoms with Crippen LogP contribution >= 0.6 is 0 Å². The molecule has 5 amide bonds. The minimum atomic E-state index is -2.74. The van der Waals surface area contributed by atoms with Crippen molar-refractivity contribution in [2.24, 2.45) is 28.4 Å². The molecule has 2 aliphatic rings. The summed E-state index contributed by atoms with van der Waals surface area (Å²) in [6, 6.07) is -4.04. The first-order valence-corrected chi connectivity index (χ1v) is 12.5. The number of primary amides is 1. The van der Waals surface area contributed by atoms with Crippen molar-refractivity contribution in [1.29, 1.82) is 0 Å². The van der Waals surface area contributed by atoms with E-state index in [1.807, 2.05) is 13.8 Å². The number of nitrogens with one attached hydrogen (secondary N) is 3. The first kappa shape index (κ1) is 30.4. The maximum absolute atomic E-state index is 13.8. The molecule has 2 unspecified atom stereocenters. The second kappa shape index (κ2) is 10.5. The second-order valence-corrected chi connectivity index (χ2v) is 12.8. The zero-order chi connectivity index (χ0) is 28.7. The van der Waals surface area contributed by atoms with Gasteiger partial charge in [-0.2, -0.15) is 0 Å². The van der Waals surface area contributed by atoms with Crippen LogP contribution in [0.5, 0.6) is 0 Å². The summed E-state index contributed by atoms with van der Waals surface area (Å²) >= 11 is 0. The van der Waals surface area contributed by atoms with Gasteiger partial charge in [0.15, 0.2) is 0 Å². The van der Waals surface area contributed by atoms with Crippen molar-refractivity contribution in [2.75, 3.05) is 6.54 Å². The van der Waals surface area contributed by atoms with Crippen molar-refractivity contribution in [1.82, 2.24) is 20.9 Å². The Kier molecular flexibility index (Phi) is 8.66. The third kappa shape index (κ3) is 7.16. The van der Waals surface area contributed by atoms with E-state index in [9.17, 15) is 32.8 Å². The normalized spacial score (nSPS) is 24.1. The van der Waals surface area contributed by atoms with Gasteiger partial charge in [0, 0.05) is 18.5 Å². The van der Waals surface area contributed by atoms with Gasteiger partial charge in [-0.3, -0.25) is 19.2 Å². The molecule has 5 atom stereocenters. The third-order valence-electron chi connectivity index (χ3n) is 7.19. The van der Waals surface area contributed by atoms with E-state index < -0.39 is 77.9 Å². The predicted octanol–water partition coefficient (Wildman–Crippen LogP) is 1.57. The number of ketones is 1. The molecular weight excluding hydrogens is 488 g/mol. The Morgan fingerprint density at radius 2 is 1.57 bits per heavy atom. The fourth-order valence-electron chi connectivity index (χ4n) is 5.13. The van der Waals surface area contributed by atoms with Gasteiger partial charge in [-0.05, 0) is 49.9 Å². The number of likely N-dealkylation sites (tertiary alicyclic amines) is 1. The van der Waals surface area contributed by atoms with Gasteiger partial charge in [0.25, 0.3) is 5.91 Å². The van der Waals surface area contributed by atoms with Crippen molar-refractivity contribution in [2.45, 2.75) is 98.3 Å². The highest BCUT2D eigenvalue weighted by Gasteiger charge is 2.69. The number of urea groups is 1. The molecule has 0 bridgehead atoms. The van der Waals surface area contributed by atoms with E-state index in [1.54, 1.807) is 41.5 Å². The zero-order valence-electron chi connectivity index (χ0n) is 22.9. The lowest BCUT2D eigenvalue weighted by atomic mass is 9.85. The Labute approximate surface area is 216 Å². The lowest BCUT2D eigenvalue weighted by molar-refractivity contribution is -0.145. The van der Waals surface area contributed by atoms with Crippen LogP contribution in [0.1, 0.15) is 68.2 Å². The van der Waals surface area contributed by atoms with E-state index in [-0.39, 0.29) is 23.8 Å². The Hall–Kier alpha value is -2.79. The number of nitrogens with two attached hydrogens (primary N) is 1. The second-order valence-electron chi connectivity index (χ2n) is 12.8. The lowest BCUT2D eigenvalue weighted by Gasteiger charge is -2.38. The van der Waals surface area contributed by atoms with Crippen LogP contribution in [0.25, 0.3) is 0 Å². The van der Waals surface area contributed by atoms with Gasteiger partial charge in [-0.1, -0.05) is 34.6 Å². The molecule has 1 saturated heterocycles. The standard InChI is InChI=1S/C25H41F2N5O5/c1-23(2,3)18(30-22(37)31-24(4,5)6)21(36)32-11-12-15(25(12,7)8)16(32)20(35)29-13(9-10-14(26)27)17(33)19(28)34/h12-16,18H,9-11H2,1-8H3,(H2,28,34)(H,29,35)(H2,30,31,37)/t12-,13?,15?,16-,18+/m0/s1. The molecule has 1 aliphatic heterocycles. The fourth-order valence-corrected chi connectivity index (χ4v) is 5.13. The molecule has 0 radical (unpaired) electrons. The molecule has 12 heteroatoms. The quantitative estimate of drug-likeness (QED) is 0.334. The van der Waals surface area contributed by atoms with Crippen LogP contribution < -0.4 is 21.7 Å². The lowest BCUT2D eigenvalue weighted by Crippen LogP contribution is -2.62. The highest BCUT2D eigenvalue weighted by molar-refractivity contribution is 6.37. The van der Waals surface area contributed by atoms with Gasteiger partial charge >= 0.3 is 6.03 Å². The van der Waals surface area contributed by atoms with E-state index in [0.717, 1.165) is 0 Å². The summed E-state index contributed by atoms with van der Waals surface area (Å²) in [5.74, 6) is -3.94. The van der Waals surface area contributed by atoms with E-state index in [2.05, 4.69) is 16.0 Å².